The van der Waals surface area contributed by atoms with Gasteiger partial charge in [-0.25, -0.2) is 0 Å². The van der Waals surface area contributed by atoms with Gasteiger partial charge in [0.1, 0.15) is 17.9 Å². The van der Waals surface area contributed by atoms with E-state index in [1.807, 2.05) is 6.92 Å². The molecule has 0 spiro atoms. The summed E-state index contributed by atoms with van der Waals surface area (Å²) < 4.78 is 5.54. The molecule has 1 aromatic rings. The van der Waals surface area contributed by atoms with Crippen LogP contribution in [0.3, 0.4) is 0 Å². The highest BCUT2D eigenvalue weighted by Gasteiger charge is 2.23. The van der Waals surface area contributed by atoms with E-state index in [1.54, 1.807) is 18.2 Å². The summed E-state index contributed by atoms with van der Waals surface area (Å²) in [6.07, 6.45) is 0.847. The molecule has 0 saturated heterocycles. The van der Waals surface area contributed by atoms with Crippen molar-refractivity contribution in [3.63, 3.8) is 0 Å². The molecule has 1 amide bonds. The molecule has 0 bridgehead atoms. The van der Waals surface area contributed by atoms with Crippen LogP contribution in [0.15, 0.2) is 18.2 Å². The summed E-state index contributed by atoms with van der Waals surface area (Å²) in [5, 5.41) is 2.88. The number of nitrogens with two attached hydrogens (primary N) is 1. The van der Waals surface area contributed by atoms with Crippen molar-refractivity contribution in [1.29, 1.82) is 0 Å². The fourth-order valence-corrected chi connectivity index (χ4v) is 1.62. The second-order valence-corrected chi connectivity index (χ2v) is 3.61. The van der Waals surface area contributed by atoms with Crippen LogP contribution in [0.2, 0.25) is 0 Å². The van der Waals surface area contributed by atoms with Crippen molar-refractivity contribution in [3.05, 3.63) is 23.8 Å². The molecule has 0 aromatic heterocycles. The van der Waals surface area contributed by atoms with Gasteiger partial charge in [-0.2, -0.15) is 0 Å². The average molecular weight is 206 g/mol. The molecule has 1 aliphatic heterocycles. The van der Waals surface area contributed by atoms with Crippen LogP contribution in [0, 0.1) is 0 Å². The maximum atomic E-state index is 11.8. The molecule has 1 atom stereocenters. The van der Waals surface area contributed by atoms with Crippen LogP contribution < -0.4 is 15.8 Å². The van der Waals surface area contributed by atoms with E-state index in [9.17, 15) is 4.79 Å². The Morgan fingerprint density at radius 2 is 2.40 bits per heavy atom. The number of rotatable bonds is 1. The lowest BCUT2D eigenvalue weighted by Gasteiger charge is -2.11. The van der Waals surface area contributed by atoms with E-state index in [1.165, 1.54) is 0 Å². The molecule has 1 heterocycles. The first-order valence-corrected chi connectivity index (χ1v) is 5.04. The highest BCUT2D eigenvalue weighted by molar-refractivity contribution is 6.02. The second kappa shape index (κ2) is 3.81. The number of carbonyl (C=O) groups is 1. The summed E-state index contributed by atoms with van der Waals surface area (Å²) in [6.45, 7) is 2.51. The topological polar surface area (TPSA) is 64.3 Å². The smallest absolute Gasteiger partial charge is 0.257 e. The summed E-state index contributed by atoms with van der Waals surface area (Å²) in [4.78, 5) is 11.8. The molecule has 2 rings (SSSR count). The van der Waals surface area contributed by atoms with Gasteiger partial charge in [0.05, 0.1) is 6.04 Å². The third-order valence-electron chi connectivity index (χ3n) is 2.55. The number of hydrogen-bond acceptors (Lipinski definition) is 3. The number of hydrogen-bond donors (Lipinski definition) is 2. The lowest BCUT2D eigenvalue weighted by molar-refractivity contribution is 0.0938. The monoisotopic (exact) mass is 206 g/mol. The number of anilines is 1. The molecule has 15 heavy (non-hydrogen) atoms. The Morgan fingerprint density at radius 1 is 1.60 bits per heavy atom. The quantitative estimate of drug-likeness (QED) is 0.678. The van der Waals surface area contributed by atoms with Gasteiger partial charge in [0.2, 0.25) is 0 Å². The molecule has 0 aliphatic carbocycles. The minimum absolute atomic E-state index is 0.0595. The van der Waals surface area contributed by atoms with Crippen LogP contribution in [0.5, 0.6) is 5.75 Å². The zero-order chi connectivity index (χ0) is 10.8. The van der Waals surface area contributed by atoms with Crippen LogP contribution in [0.4, 0.5) is 5.69 Å². The van der Waals surface area contributed by atoms with Gasteiger partial charge in [-0.1, -0.05) is 13.0 Å². The van der Waals surface area contributed by atoms with Crippen molar-refractivity contribution in [2.75, 3.05) is 12.3 Å². The third kappa shape index (κ3) is 1.75. The fourth-order valence-electron chi connectivity index (χ4n) is 1.62. The first kappa shape index (κ1) is 9.83. The van der Waals surface area contributed by atoms with E-state index in [2.05, 4.69) is 5.32 Å². The maximum absolute atomic E-state index is 11.8. The van der Waals surface area contributed by atoms with Crippen molar-refractivity contribution in [3.8, 4) is 5.75 Å². The van der Waals surface area contributed by atoms with Crippen molar-refractivity contribution >= 4 is 11.6 Å². The van der Waals surface area contributed by atoms with Gasteiger partial charge in [0, 0.05) is 5.69 Å². The lowest BCUT2D eigenvalue weighted by atomic mass is 10.1. The first-order valence-electron chi connectivity index (χ1n) is 5.04. The van der Waals surface area contributed by atoms with Crippen LogP contribution >= 0.6 is 0 Å². The zero-order valence-corrected chi connectivity index (χ0v) is 8.62. The number of amides is 1. The molecule has 0 fully saturated rings. The Bertz CT molecular complexity index is 390. The summed E-state index contributed by atoms with van der Waals surface area (Å²) in [5.41, 5.74) is 6.66. The molecule has 4 heteroatoms. The van der Waals surface area contributed by atoms with E-state index in [4.69, 9.17) is 10.5 Å². The van der Waals surface area contributed by atoms with Gasteiger partial charge in [-0.3, -0.25) is 4.79 Å². The van der Waals surface area contributed by atoms with Gasteiger partial charge in [0.15, 0.2) is 0 Å². The summed E-state index contributed by atoms with van der Waals surface area (Å²) in [5.74, 6) is 0.427. The molecule has 4 nitrogen and oxygen atoms in total. The summed E-state index contributed by atoms with van der Waals surface area (Å²) >= 11 is 0. The van der Waals surface area contributed by atoms with E-state index in [0.29, 0.717) is 23.6 Å². The van der Waals surface area contributed by atoms with Gasteiger partial charge in [-0.05, 0) is 18.6 Å². The number of carbonyl (C=O) groups excluding carboxylic acids is 1. The van der Waals surface area contributed by atoms with Crippen molar-refractivity contribution in [2.24, 2.45) is 0 Å². The Labute approximate surface area is 88.4 Å². The standard InChI is InChI=1S/C11H14N2O2/c1-2-7-6-15-9-5-3-4-8(12)10(9)11(14)13-7/h3-5,7H,2,6,12H2,1H3,(H,13,14). The van der Waals surface area contributed by atoms with Crippen LogP contribution in [-0.4, -0.2) is 18.6 Å². The number of fused-ring (bicyclic) bond motifs is 1. The zero-order valence-electron chi connectivity index (χ0n) is 8.62. The van der Waals surface area contributed by atoms with Crippen molar-refractivity contribution < 1.29 is 9.53 Å². The molecule has 0 radical (unpaired) electrons. The summed E-state index contributed by atoms with van der Waals surface area (Å²) in [6, 6.07) is 5.31. The molecule has 80 valence electrons. The van der Waals surface area contributed by atoms with Gasteiger partial charge < -0.3 is 15.8 Å². The molecule has 0 saturated carbocycles. The fraction of sp³-hybridized carbons (Fsp3) is 0.364. The van der Waals surface area contributed by atoms with E-state index in [0.717, 1.165) is 6.42 Å². The first-order chi connectivity index (χ1) is 7.22. The van der Waals surface area contributed by atoms with Crippen molar-refractivity contribution in [1.82, 2.24) is 5.32 Å². The normalized spacial score (nSPS) is 19.8. The number of ether oxygens (including phenoxy) is 1. The Balaban J connectivity index is 2.40. The largest absolute Gasteiger partial charge is 0.491 e. The Hall–Kier alpha value is -1.71. The molecule has 1 aliphatic rings. The van der Waals surface area contributed by atoms with Gasteiger partial charge >= 0.3 is 0 Å². The minimum Gasteiger partial charge on any atom is -0.491 e. The minimum atomic E-state index is -0.146. The van der Waals surface area contributed by atoms with E-state index < -0.39 is 0 Å². The van der Waals surface area contributed by atoms with Crippen LogP contribution in [-0.2, 0) is 0 Å². The highest BCUT2D eigenvalue weighted by atomic mass is 16.5. The SMILES string of the molecule is CCC1COc2cccc(N)c2C(=O)N1. The number of benzene rings is 1. The number of nitrogen functional groups attached to an aromatic ring is 1. The average Bonchev–Trinajstić information content (AvgIpc) is 2.39. The predicted octanol–water partition coefficient (Wildman–Crippen LogP) is 1.17. The van der Waals surface area contributed by atoms with Crippen LogP contribution in [0.25, 0.3) is 0 Å². The molecule has 1 unspecified atom stereocenters. The lowest BCUT2D eigenvalue weighted by Crippen LogP contribution is -2.36. The maximum Gasteiger partial charge on any atom is 0.257 e. The van der Waals surface area contributed by atoms with E-state index >= 15 is 0 Å². The van der Waals surface area contributed by atoms with E-state index in [-0.39, 0.29) is 11.9 Å². The van der Waals surface area contributed by atoms with Gasteiger partial charge in [-0.15, -0.1) is 0 Å². The molecular weight excluding hydrogens is 192 g/mol. The second-order valence-electron chi connectivity index (χ2n) is 3.61. The van der Waals surface area contributed by atoms with Crippen molar-refractivity contribution in [2.45, 2.75) is 19.4 Å². The number of nitrogens with one attached hydrogen (secondary N) is 1. The Kier molecular flexibility index (Phi) is 2.49. The van der Waals surface area contributed by atoms with Crippen LogP contribution in [0.1, 0.15) is 23.7 Å². The van der Waals surface area contributed by atoms with Gasteiger partial charge in [0.25, 0.3) is 5.91 Å². The summed E-state index contributed by atoms with van der Waals surface area (Å²) in [7, 11) is 0. The Morgan fingerprint density at radius 3 is 3.13 bits per heavy atom. The molecule has 1 aromatic carbocycles. The predicted molar refractivity (Wildman–Crippen MR) is 57.9 cm³/mol. The molecule has 3 N–H and O–H groups in total. The highest BCUT2D eigenvalue weighted by Crippen LogP contribution is 2.26. The third-order valence-corrected chi connectivity index (χ3v) is 2.55. The molecular formula is C11H14N2O2.